The molecule has 5 nitrogen and oxygen atoms in total. The van der Waals surface area contributed by atoms with Gasteiger partial charge in [-0.05, 0) is 42.3 Å². The molecule has 2 heterocycles. The summed E-state index contributed by atoms with van der Waals surface area (Å²) >= 11 is 0. The van der Waals surface area contributed by atoms with E-state index in [2.05, 4.69) is 51.3 Å². The fourth-order valence-electron chi connectivity index (χ4n) is 3.66. The Morgan fingerprint density at radius 2 is 1.62 bits per heavy atom. The molecule has 148 valence electrons. The molecule has 1 amide bonds. The van der Waals surface area contributed by atoms with Gasteiger partial charge in [0.05, 0.1) is 18.3 Å². The highest BCUT2D eigenvalue weighted by Gasteiger charge is 2.18. The third-order valence-corrected chi connectivity index (χ3v) is 5.23. The Morgan fingerprint density at radius 1 is 0.897 bits per heavy atom. The number of pyridine rings is 1. The van der Waals surface area contributed by atoms with E-state index in [1.807, 2.05) is 48.7 Å². The van der Waals surface area contributed by atoms with E-state index < -0.39 is 0 Å². The van der Waals surface area contributed by atoms with Crippen molar-refractivity contribution in [2.24, 2.45) is 0 Å². The minimum atomic E-state index is -0.0526. The Kier molecular flexibility index (Phi) is 5.75. The van der Waals surface area contributed by atoms with Crippen molar-refractivity contribution in [1.82, 2.24) is 4.98 Å². The lowest BCUT2D eigenvalue weighted by atomic mass is 10.1. The quantitative estimate of drug-likeness (QED) is 0.723. The van der Waals surface area contributed by atoms with Gasteiger partial charge < -0.3 is 15.1 Å². The van der Waals surface area contributed by atoms with Crippen molar-refractivity contribution in [3.8, 4) is 0 Å². The molecule has 29 heavy (non-hydrogen) atoms. The van der Waals surface area contributed by atoms with Crippen LogP contribution in [0.3, 0.4) is 0 Å². The number of rotatable bonds is 5. The number of amides is 1. The fraction of sp³-hybridized carbons (Fsp3) is 0.250. The van der Waals surface area contributed by atoms with Gasteiger partial charge in [0.25, 0.3) is 0 Å². The maximum atomic E-state index is 12.2. The predicted octanol–water partition coefficient (Wildman–Crippen LogP) is 3.90. The van der Waals surface area contributed by atoms with Gasteiger partial charge in [-0.25, -0.2) is 4.98 Å². The summed E-state index contributed by atoms with van der Waals surface area (Å²) in [6.45, 7) is 6.01. The average Bonchev–Trinajstić information content (AvgIpc) is 2.75. The van der Waals surface area contributed by atoms with Gasteiger partial charge in [-0.1, -0.05) is 42.5 Å². The number of aryl methyl sites for hydroxylation is 1. The number of carbonyl (C=O) groups is 1. The summed E-state index contributed by atoms with van der Waals surface area (Å²) < 4.78 is 0. The zero-order valence-electron chi connectivity index (χ0n) is 16.7. The number of hydrogen-bond donors (Lipinski definition) is 1. The summed E-state index contributed by atoms with van der Waals surface area (Å²) in [6, 6.07) is 22.3. The molecule has 2 aromatic carbocycles. The number of benzene rings is 2. The molecule has 5 heteroatoms. The lowest BCUT2D eigenvalue weighted by Gasteiger charge is -2.37. The smallest absolute Gasteiger partial charge is 0.229 e. The number of nitrogens with one attached hydrogen (secondary N) is 1. The highest BCUT2D eigenvalue weighted by molar-refractivity contribution is 5.91. The Hall–Kier alpha value is -3.34. The van der Waals surface area contributed by atoms with Crippen LogP contribution in [-0.2, 0) is 11.2 Å². The molecule has 4 rings (SSSR count). The molecule has 0 radical (unpaired) electrons. The number of nitrogens with zero attached hydrogens (tertiary/aromatic N) is 3. The Labute approximate surface area is 172 Å². The van der Waals surface area contributed by atoms with Crippen LogP contribution in [0.1, 0.15) is 11.1 Å². The first kappa shape index (κ1) is 19.0. The van der Waals surface area contributed by atoms with E-state index in [-0.39, 0.29) is 5.91 Å². The first-order chi connectivity index (χ1) is 14.2. The third kappa shape index (κ3) is 4.93. The summed E-state index contributed by atoms with van der Waals surface area (Å²) in [7, 11) is 0. The van der Waals surface area contributed by atoms with E-state index in [9.17, 15) is 4.79 Å². The second-order valence-electron chi connectivity index (χ2n) is 7.43. The lowest BCUT2D eigenvalue weighted by Crippen LogP contribution is -2.46. The zero-order valence-corrected chi connectivity index (χ0v) is 16.7. The van der Waals surface area contributed by atoms with Crippen LogP contribution in [0.5, 0.6) is 0 Å². The molecule has 1 aliphatic heterocycles. The zero-order chi connectivity index (χ0) is 20.1. The van der Waals surface area contributed by atoms with E-state index in [4.69, 9.17) is 0 Å². The summed E-state index contributed by atoms with van der Waals surface area (Å²) in [5, 5.41) is 2.88. The number of carbonyl (C=O) groups excluding carboxylic acids is 1. The lowest BCUT2D eigenvalue weighted by molar-refractivity contribution is -0.115. The second-order valence-corrected chi connectivity index (χ2v) is 7.43. The standard InChI is InChI=1S/C24H26N4O/c1-19-6-5-9-21(16-19)27-12-14-28(15-13-27)22-10-11-23(25-18-22)26-24(29)17-20-7-3-2-4-8-20/h2-11,16,18H,12-15,17H2,1H3,(H,25,26,29). The van der Waals surface area contributed by atoms with Gasteiger partial charge in [0.2, 0.25) is 5.91 Å². The van der Waals surface area contributed by atoms with Crippen molar-refractivity contribution in [2.75, 3.05) is 41.3 Å². The molecular weight excluding hydrogens is 360 g/mol. The molecule has 1 saturated heterocycles. The molecule has 0 bridgehead atoms. The highest BCUT2D eigenvalue weighted by Crippen LogP contribution is 2.21. The maximum absolute atomic E-state index is 12.2. The topological polar surface area (TPSA) is 48.5 Å². The Morgan fingerprint density at radius 3 is 2.28 bits per heavy atom. The van der Waals surface area contributed by atoms with Crippen LogP contribution in [0.4, 0.5) is 17.2 Å². The summed E-state index contributed by atoms with van der Waals surface area (Å²) in [4.78, 5) is 21.4. The molecule has 1 aromatic heterocycles. The maximum Gasteiger partial charge on any atom is 0.229 e. The van der Waals surface area contributed by atoms with E-state index >= 15 is 0 Å². The third-order valence-electron chi connectivity index (χ3n) is 5.23. The van der Waals surface area contributed by atoms with Gasteiger partial charge >= 0.3 is 0 Å². The monoisotopic (exact) mass is 386 g/mol. The summed E-state index contributed by atoms with van der Waals surface area (Å²) in [5.41, 5.74) is 4.67. The molecule has 1 N–H and O–H groups in total. The van der Waals surface area contributed by atoms with Crippen LogP contribution in [-0.4, -0.2) is 37.1 Å². The largest absolute Gasteiger partial charge is 0.368 e. The van der Waals surface area contributed by atoms with Gasteiger partial charge in [0, 0.05) is 31.9 Å². The first-order valence-electron chi connectivity index (χ1n) is 10.0. The van der Waals surface area contributed by atoms with Crippen molar-refractivity contribution in [2.45, 2.75) is 13.3 Å². The summed E-state index contributed by atoms with van der Waals surface area (Å²) in [5.74, 6) is 0.538. The van der Waals surface area contributed by atoms with E-state index in [1.54, 1.807) is 0 Å². The Bertz CT molecular complexity index is 948. The van der Waals surface area contributed by atoms with E-state index in [0.717, 1.165) is 37.4 Å². The van der Waals surface area contributed by atoms with Crippen molar-refractivity contribution >= 4 is 23.1 Å². The SMILES string of the molecule is Cc1cccc(N2CCN(c3ccc(NC(=O)Cc4ccccc4)nc3)CC2)c1. The van der Waals surface area contributed by atoms with Crippen molar-refractivity contribution in [3.63, 3.8) is 0 Å². The minimum absolute atomic E-state index is 0.0526. The van der Waals surface area contributed by atoms with Crippen LogP contribution >= 0.6 is 0 Å². The van der Waals surface area contributed by atoms with Crippen molar-refractivity contribution < 1.29 is 4.79 Å². The minimum Gasteiger partial charge on any atom is -0.368 e. The van der Waals surface area contributed by atoms with Crippen molar-refractivity contribution in [1.29, 1.82) is 0 Å². The van der Waals surface area contributed by atoms with Crippen LogP contribution in [0, 0.1) is 6.92 Å². The normalized spacial score (nSPS) is 14.0. The molecular formula is C24H26N4O. The molecule has 1 aliphatic rings. The first-order valence-corrected chi connectivity index (χ1v) is 10.0. The fourth-order valence-corrected chi connectivity index (χ4v) is 3.66. The number of anilines is 3. The van der Waals surface area contributed by atoms with Crippen LogP contribution in [0.15, 0.2) is 72.9 Å². The summed E-state index contributed by atoms with van der Waals surface area (Å²) in [6.07, 6.45) is 2.20. The Balaban J connectivity index is 1.31. The highest BCUT2D eigenvalue weighted by atomic mass is 16.1. The average molecular weight is 386 g/mol. The number of aromatic nitrogens is 1. The van der Waals surface area contributed by atoms with E-state index in [1.165, 1.54) is 11.3 Å². The van der Waals surface area contributed by atoms with Gasteiger partial charge in [-0.15, -0.1) is 0 Å². The van der Waals surface area contributed by atoms with Crippen LogP contribution in [0.2, 0.25) is 0 Å². The van der Waals surface area contributed by atoms with Crippen LogP contribution in [0.25, 0.3) is 0 Å². The number of piperazine rings is 1. The van der Waals surface area contributed by atoms with E-state index in [0.29, 0.717) is 12.2 Å². The van der Waals surface area contributed by atoms with Gasteiger partial charge in [-0.2, -0.15) is 0 Å². The molecule has 0 atom stereocenters. The van der Waals surface area contributed by atoms with Gasteiger partial charge in [0.1, 0.15) is 5.82 Å². The van der Waals surface area contributed by atoms with Gasteiger partial charge in [-0.3, -0.25) is 4.79 Å². The molecule has 0 saturated carbocycles. The molecule has 3 aromatic rings. The van der Waals surface area contributed by atoms with Crippen LogP contribution < -0.4 is 15.1 Å². The molecule has 0 aliphatic carbocycles. The molecule has 1 fully saturated rings. The second kappa shape index (κ2) is 8.78. The molecule has 0 spiro atoms. The van der Waals surface area contributed by atoms with Gasteiger partial charge in [0.15, 0.2) is 0 Å². The van der Waals surface area contributed by atoms with Crippen molar-refractivity contribution in [3.05, 3.63) is 84.1 Å². The number of hydrogen-bond acceptors (Lipinski definition) is 4. The predicted molar refractivity (Wildman–Crippen MR) is 119 cm³/mol. The molecule has 0 unspecified atom stereocenters.